The van der Waals surface area contributed by atoms with E-state index in [4.69, 9.17) is 0 Å². The molecule has 0 spiro atoms. The van der Waals surface area contributed by atoms with Crippen LogP contribution in [-0.2, 0) is 34.0 Å². The Morgan fingerprint density at radius 2 is 1.78 bits per heavy atom. The molecule has 2 aliphatic rings. The van der Waals surface area contributed by atoms with Crippen LogP contribution in [0.4, 0.5) is 5.69 Å². The summed E-state index contributed by atoms with van der Waals surface area (Å²) in [7, 11) is -3.94. The number of nitrogens with zero attached hydrogens (tertiary/aromatic N) is 1. The lowest BCUT2D eigenvalue weighted by atomic mass is 10.0. The van der Waals surface area contributed by atoms with Gasteiger partial charge in [-0.2, -0.15) is 0 Å². The average Bonchev–Trinajstić information content (AvgIpc) is 3.50. The molecule has 184 valence electrons. The Bertz CT molecular complexity index is 1740. The SMILES string of the molecule is O=C1Cc2cccc(-c3ncc(CNC(=O)c4ccc5c(c4)NC(=O)c4ccccc4S5(=O)=O)s3)c2C1. The number of thiazole rings is 1. The molecule has 1 aromatic heterocycles. The Kier molecular flexibility index (Phi) is 5.50. The molecule has 0 fully saturated rings. The van der Waals surface area contributed by atoms with Gasteiger partial charge in [0.15, 0.2) is 0 Å². The number of amides is 2. The van der Waals surface area contributed by atoms with Gasteiger partial charge >= 0.3 is 0 Å². The van der Waals surface area contributed by atoms with Crippen molar-refractivity contribution < 1.29 is 22.8 Å². The summed E-state index contributed by atoms with van der Waals surface area (Å²) in [5.41, 5.74) is 3.31. The predicted octanol–water partition coefficient (Wildman–Crippen LogP) is 3.81. The fraction of sp³-hybridized carbons (Fsp3) is 0.111. The number of rotatable bonds is 4. The number of carbonyl (C=O) groups excluding carboxylic acids is 3. The molecule has 4 aromatic rings. The smallest absolute Gasteiger partial charge is 0.257 e. The first-order chi connectivity index (χ1) is 17.8. The first kappa shape index (κ1) is 23.3. The van der Waals surface area contributed by atoms with Gasteiger partial charge in [0.1, 0.15) is 10.8 Å². The first-order valence-corrected chi connectivity index (χ1v) is 13.8. The largest absolute Gasteiger partial charge is 0.347 e. The first-order valence-electron chi connectivity index (χ1n) is 11.5. The lowest BCUT2D eigenvalue weighted by molar-refractivity contribution is -0.117. The molecular weight excluding hydrogens is 510 g/mol. The summed E-state index contributed by atoms with van der Waals surface area (Å²) < 4.78 is 26.3. The number of hydrogen-bond acceptors (Lipinski definition) is 7. The minimum atomic E-state index is -3.94. The van der Waals surface area contributed by atoms with Gasteiger partial charge in [0.25, 0.3) is 11.8 Å². The van der Waals surface area contributed by atoms with E-state index in [0.717, 1.165) is 26.6 Å². The summed E-state index contributed by atoms with van der Waals surface area (Å²) in [6.07, 6.45) is 2.55. The second-order valence-electron chi connectivity index (χ2n) is 8.81. The molecule has 0 bridgehead atoms. The Morgan fingerprint density at radius 3 is 2.65 bits per heavy atom. The average molecular weight is 530 g/mol. The molecule has 2 heterocycles. The quantitative estimate of drug-likeness (QED) is 0.415. The number of ketones is 1. The van der Waals surface area contributed by atoms with Gasteiger partial charge in [-0.15, -0.1) is 11.3 Å². The van der Waals surface area contributed by atoms with Crippen LogP contribution in [0.5, 0.6) is 0 Å². The topological polar surface area (TPSA) is 122 Å². The molecule has 0 radical (unpaired) electrons. The normalized spacial score (nSPS) is 15.2. The second-order valence-corrected chi connectivity index (χ2v) is 11.8. The molecule has 37 heavy (non-hydrogen) atoms. The number of carbonyl (C=O) groups is 3. The highest BCUT2D eigenvalue weighted by Gasteiger charge is 2.31. The minimum Gasteiger partial charge on any atom is -0.347 e. The van der Waals surface area contributed by atoms with Crippen LogP contribution in [0, 0.1) is 0 Å². The highest BCUT2D eigenvalue weighted by molar-refractivity contribution is 7.91. The van der Waals surface area contributed by atoms with Crippen molar-refractivity contribution in [2.24, 2.45) is 0 Å². The lowest BCUT2D eigenvalue weighted by Gasteiger charge is -2.10. The van der Waals surface area contributed by atoms with E-state index < -0.39 is 21.7 Å². The van der Waals surface area contributed by atoms with Crippen LogP contribution in [0.25, 0.3) is 10.6 Å². The van der Waals surface area contributed by atoms with Crippen molar-refractivity contribution >= 4 is 44.5 Å². The predicted molar refractivity (Wildman–Crippen MR) is 137 cm³/mol. The van der Waals surface area contributed by atoms with Gasteiger partial charge in [0, 0.05) is 35.0 Å². The fourth-order valence-electron chi connectivity index (χ4n) is 4.66. The van der Waals surface area contributed by atoms with Gasteiger partial charge in [-0.25, -0.2) is 13.4 Å². The van der Waals surface area contributed by atoms with Crippen LogP contribution < -0.4 is 10.6 Å². The van der Waals surface area contributed by atoms with Crippen LogP contribution in [0.15, 0.2) is 76.7 Å². The molecule has 6 rings (SSSR count). The molecule has 0 atom stereocenters. The molecule has 10 heteroatoms. The maximum absolute atomic E-state index is 13.1. The number of hydrogen-bond donors (Lipinski definition) is 2. The van der Waals surface area contributed by atoms with Gasteiger partial charge in [0.2, 0.25) is 9.84 Å². The standard InChI is InChI=1S/C27H19N3O5S2/c31-17-10-15-4-3-6-19(21(15)12-17)27-29-14-18(36-27)13-28-25(32)16-8-9-24-22(11-16)30-26(33)20-5-1-2-7-23(20)37(24,34)35/h1-9,11,14H,10,12-13H2,(H,28,32)(H,30,33). The van der Waals surface area contributed by atoms with E-state index in [0.29, 0.717) is 12.8 Å². The van der Waals surface area contributed by atoms with Gasteiger partial charge in [-0.3, -0.25) is 14.4 Å². The second kappa shape index (κ2) is 8.75. The van der Waals surface area contributed by atoms with Crippen molar-refractivity contribution in [1.29, 1.82) is 0 Å². The highest BCUT2D eigenvalue weighted by Crippen LogP contribution is 2.35. The van der Waals surface area contributed by atoms with Crippen LogP contribution in [-0.4, -0.2) is 31.0 Å². The van der Waals surface area contributed by atoms with Gasteiger partial charge < -0.3 is 10.6 Å². The van der Waals surface area contributed by atoms with E-state index in [1.165, 1.54) is 41.7 Å². The van der Waals surface area contributed by atoms with E-state index in [1.807, 2.05) is 18.2 Å². The number of fused-ring (bicyclic) bond motifs is 3. The van der Waals surface area contributed by atoms with Crippen molar-refractivity contribution in [2.75, 3.05) is 5.32 Å². The van der Waals surface area contributed by atoms with Crippen molar-refractivity contribution in [3.63, 3.8) is 0 Å². The lowest BCUT2D eigenvalue weighted by Crippen LogP contribution is -2.22. The zero-order chi connectivity index (χ0) is 25.7. The van der Waals surface area contributed by atoms with E-state index in [-0.39, 0.29) is 38.9 Å². The van der Waals surface area contributed by atoms with E-state index >= 15 is 0 Å². The van der Waals surface area contributed by atoms with E-state index in [9.17, 15) is 22.8 Å². The monoisotopic (exact) mass is 529 g/mol. The number of anilines is 1. The molecule has 1 aliphatic heterocycles. The van der Waals surface area contributed by atoms with Gasteiger partial charge in [-0.1, -0.05) is 30.3 Å². The maximum atomic E-state index is 13.1. The van der Waals surface area contributed by atoms with Gasteiger partial charge in [-0.05, 0) is 41.5 Å². The summed E-state index contributed by atoms with van der Waals surface area (Å²) in [6.45, 7) is 0.220. The summed E-state index contributed by atoms with van der Waals surface area (Å²) in [5.74, 6) is -0.778. The molecule has 0 unspecified atom stereocenters. The Morgan fingerprint density at radius 1 is 0.973 bits per heavy atom. The maximum Gasteiger partial charge on any atom is 0.257 e. The molecule has 1 aliphatic carbocycles. The van der Waals surface area contributed by atoms with E-state index in [1.54, 1.807) is 18.3 Å². The minimum absolute atomic E-state index is 0.0547. The molecule has 2 N–H and O–H groups in total. The Balaban J connectivity index is 1.21. The van der Waals surface area contributed by atoms with Crippen LogP contribution in [0.3, 0.4) is 0 Å². The van der Waals surface area contributed by atoms with Crippen LogP contribution in [0.1, 0.15) is 36.7 Å². The number of aromatic nitrogens is 1. The van der Waals surface area contributed by atoms with Crippen molar-refractivity contribution in [2.45, 2.75) is 29.2 Å². The third kappa shape index (κ3) is 4.04. The number of nitrogens with one attached hydrogen (secondary N) is 2. The van der Waals surface area contributed by atoms with E-state index in [2.05, 4.69) is 15.6 Å². The zero-order valence-electron chi connectivity index (χ0n) is 19.3. The molecule has 0 saturated carbocycles. The van der Waals surface area contributed by atoms with Crippen LogP contribution >= 0.6 is 11.3 Å². The fourth-order valence-corrected chi connectivity index (χ4v) is 7.16. The summed E-state index contributed by atoms with van der Waals surface area (Å²) in [4.78, 5) is 42.6. The Labute approximate surface area is 216 Å². The summed E-state index contributed by atoms with van der Waals surface area (Å²) in [6, 6.07) is 16.0. The zero-order valence-corrected chi connectivity index (χ0v) is 20.9. The third-order valence-electron chi connectivity index (χ3n) is 6.44. The Hall–Kier alpha value is -4.15. The molecule has 2 amide bonds. The van der Waals surface area contributed by atoms with Crippen LogP contribution in [0.2, 0.25) is 0 Å². The van der Waals surface area contributed by atoms with Gasteiger partial charge in [0.05, 0.1) is 27.6 Å². The number of benzene rings is 3. The number of sulfone groups is 1. The van der Waals surface area contributed by atoms with Crippen molar-refractivity contribution in [3.05, 3.63) is 94.0 Å². The highest BCUT2D eigenvalue weighted by atomic mass is 32.2. The molecular formula is C27H19N3O5S2. The number of Topliss-reactive ketones (excluding diaryl/α,β-unsaturated/α-hetero) is 1. The molecule has 3 aromatic carbocycles. The summed E-state index contributed by atoms with van der Waals surface area (Å²) in [5, 5.41) is 6.23. The van der Waals surface area contributed by atoms with Crippen molar-refractivity contribution in [1.82, 2.24) is 10.3 Å². The molecule has 8 nitrogen and oxygen atoms in total. The van der Waals surface area contributed by atoms with Crippen molar-refractivity contribution in [3.8, 4) is 10.6 Å². The molecule has 0 saturated heterocycles. The summed E-state index contributed by atoms with van der Waals surface area (Å²) >= 11 is 1.44. The third-order valence-corrected chi connectivity index (χ3v) is 9.34.